The fourth-order valence-corrected chi connectivity index (χ4v) is 3.61. The largest absolute Gasteiger partial charge is 0.331 e. The molecule has 1 aliphatic carbocycles. The third-order valence-corrected chi connectivity index (χ3v) is 4.79. The molecule has 21 heavy (non-hydrogen) atoms. The highest BCUT2D eigenvalue weighted by atomic mass is 32.1. The van der Waals surface area contributed by atoms with Crippen LogP contribution in [0.4, 0.5) is 9.93 Å². The minimum absolute atomic E-state index is 0.0270. The summed E-state index contributed by atoms with van der Waals surface area (Å²) in [6.45, 7) is 1.97. The maximum atomic E-state index is 12.1. The first-order valence-electron chi connectivity index (χ1n) is 7.33. The molecular formula is C16H19N3OS. The third kappa shape index (κ3) is 3.42. The summed E-state index contributed by atoms with van der Waals surface area (Å²) < 4.78 is 0. The molecule has 1 aromatic heterocycles. The quantitative estimate of drug-likeness (QED) is 0.903. The number of carbonyl (C=O) groups is 1. The first-order chi connectivity index (χ1) is 10.2. The van der Waals surface area contributed by atoms with E-state index >= 15 is 0 Å². The SMILES string of the molecule is CC(NC(=O)Nc1nc2c(s1)CCCC2)c1ccccc1. The second kappa shape index (κ2) is 6.26. The van der Waals surface area contributed by atoms with Crippen molar-refractivity contribution in [2.24, 2.45) is 0 Å². The highest BCUT2D eigenvalue weighted by Gasteiger charge is 2.17. The number of carbonyl (C=O) groups excluding carboxylic acids is 1. The summed E-state index contributed by atoms with van der Waals surface area (Å²) >= 11 is 1.60. The summed E-state index contributed by atoms with van der Waals surface area (Å²) in [6, 6.07) is 9.70. The van der Waals surface area contributed by atoms with Gasteiger partial charge in [-0.2, -0.15) is 0 Å². The van der Waals surface area contributed by atoms with Crippen LogP contribution in [0, 0.1) is 0 Å². The molecule has 110 valence electrons. The average Bonchev–Trinajstić information content (AvgIpc) is 2.90. The van der Waals surface area contributed by atoms with E-state index in [-0.39, 0.29) is 12.1 Å². The van der Waals surface area contributed by atoms with Crippen LogP contribution in [0.5, 0.6) is 0 Å². The topological polar surface area (TPSA) is 54.0 Å². The van der Waals surface area contributed by atoms with Crippen LogP contribution in [0.25, 0.3) is 0 Å². The Hall–Kier alpha value is -1.88. The van der Waals surface area contributed by atoms with E-state index in [1.54, 1.807) is 11.3 Å². The molecule has 1 unspecified atom stereocenters. The molecule has 0 aliphatic heterocycles. The molecule has 5 heteroatoms. The van der Waals surface area contributed by atoms with E-state index in [0.717, 1.165) is 24.1 Å². The minimum Gasteiger partial charge on any atom is -0.331 e. The van der Waals surface area contributed by atoms with Gasteiger partial charge >= 0.3 is 6.03 Å². The molecule has 0 saturated heterocycles. The number of aryl methyl sites for hydroxylation is 2. The number of nitrogens with zero attached hydrogens (tertiary/aromatic N) is 1. The number of fused-ring (bicyclic) bond motifs is 1. The van der Waals surface area contributed by atoms with E-state index < -0.39 is 0 Å². The molecule has 1 heterocycles. The summed E-state index contributed by atoms with van der Waals surface area (Å²) in [7, 11) is 0. The number of benzene rings is 1. The van der Waals surface area contributed by atoms with Gasteiger partial charge in [0.25, 0.3) is 0 Å². The predicted octanol–water partition coefficient (Wildman–Crippen LogP) is 3.90. The highest BCUT2D eigenvalue weighted by molar-refractivity contribution is 7.15. The normalized spacial score (nSPS) is 15.1. The summed E-state index contributed by atoms with van der Waals surface area (Å²) in [5.74, 6) is 0. The van der Waals surface area contributed by atoms with Crippen LogP contribution in [0.1, 0.15) is 41.9 Å². The van der Waals surface area contributed by atoms with Crippen LogP contribution in [0.2, 0.25) is 0 Å². The molecule has 4 nitrogen and oxygen atoms in total. The summed E-state index contributed by atoms with van der Waals surface area (Å²) in [6.07, 6.45) is 4.56. The van der Waals surface area contributed by atoms with Crippen molar-refractivity contribution in [3.8, 4) is 0 Å². The maximum Gasteiger partial charge on any atom is 0.321 e. The maximum absolute atomic E-state index is 12.1. The smallest absolute Gasteiger partial charge is 0.321 e. The molecule has 0 spiro atoms. The van der Waals surface area contributed by atoms with Gasteiger partial charge in [-0.05, 0) is 38.2 Å². The van der Waals surface area contributed by atoms with E-state index in [2.05, 4.69) is 15.6 Å². The van der Waals surface area contributed by atoms with Crippen molar-refractivity contribution < 1.29 is 4.79 Å². The number of urea groups is 1. The van der Waals surface area contributed by atoms with Crippen LogP contribution < -0.4 is 10.6 Å². The van der Waals surface area contributed by atoms with Gasteiger partial charge in [0.1, 0.15) is 0 Å². The Morgan fingerprint density at radius 2 is 2.00 bits per heavy atom. The Balaban J connectivity index is 1.60. The van der Waals surface area contributed by atoms with Gasteiger partial charge in [0.15, 0.2) is 5.13 Å². The lowest BCUT2D eigenvalue weighted by Gasteiger charge is -2.14. The Bertz CT molecular complexity index is 600. The molecule has 0 bridgehead atoms. The fraction of sp³-hybridized carbons (Fsp3) is 0.375. The van der Waals surface area contributed by atoms with Crippen LogP contribution in [-0.2, 0) is 12.8 Å². The molecule has 0 fully saturated rings. The van der Waals surface area contributed by atoms with Crippen molar-refractivity contribution in [1.29, 1.82) is 0 Å². The first kappa shape index (κ1) is 14.1. The number of rotatable bonds is 3. The Morgan fingerprint density at radius 1 is 1.24 bits per heavy atom. The molecule has 2 aromatic rings. The van der Waals surface area contributed by atoms with Gasteiger partial charge < -0.3 is 5.32 Å². The molecular weight excluding hydrogens is 282 g/mol. The predicted molar refractivity (Wildman–Crippen MR) is 85.8 cm³/mol. The number of hydrogen-bond acceptors (Lipinski definition) is 3. The molecule has 0 radical (unpaired) electrons. The van der Waals surface area contributed by atoms with E-state index in [1.807, 2.05) is 37.3 Å². The molecule has 2 amide bonds. The third-order valence-electron chi connectivity index (χ3n) is 3.71. The molecule has 1 aromatic carbocycles. The van der Waals surface area contributed by atoms with Crippen molar-refractivity contribution >= 4 is 22.5 Å². The van der Waals surface area contributed by atoms with Crippen molar-refractivity contribution in [2.45, 2.75) is 38.6 Å². The van der Waals surface area contributed by atoms with Crippen LogP contribution in [0.3, 0.4) is 0 Å². The number of aromatic nitrogens is 1. The zero-order chi connectivity index (χ0) is 14.7. The molecule has 2 N–H and O–H groups in total. The zero-order valence-corrected chi connectivity index (χ0v) is 12.9. The Morgan fingerprint density at radius 3 is 2.76 bits per heavy atom. The number of hydrogen-bond donors (Lipinski definition) is 2. The van der Waals surface area contributed by atoms with E-state index in [1.165, 1.54) is 17.7 Å². The first-order valence-corrected chi connectivity index (χ1v) is 8.15. The van der Waals surface area contributed by atoms with Crippen molar-refractivity contribution in [2.75, 3.05) is 5.32 Å². The lowest BCUT2D eigenvalue weighted by molar-refractivity contribution is 0.249. The highest BCUT2D eigenvalue weighted by Crippen LogP contribution is 2.29. The zero-order valence-electron chi connectivity index (χ0n) is 12.1. The van der Waals surface area contributed by atoms with Crippen LogP contribution in [0.15, 0.2) is 30.3 Å². The standard InChI is InChI=1S/C16H19N3OS/c1-11(12-7-3-2-4-8-12)17-15(20)19-16-18-13-9-5-6-10-14(13)21-16/h2-4,7-8,11H,5-6,9-10H2,1H3,(H2,17,18,19,20). The molecule has 3 rings (SSSR count). The second-order valence-electron chi connectivity index (χ2n) is 5.33. The van der Waals surface area contributed by atoms with Crippen molar-refractivity contribution in [1.82, 2.24) is 10.3 Å². The summed E-state index contributed by atoms with van der Waals surface area (Å²) in [5.41, 5.74) is 2.25. The average molecular weight is 301 g/mol. The monoisotopic (exact) mass is 301 g/mol. The van der Waals surface area contributed by atoms with Crippen LogP contribution >= 0.6 is 11.3 Å². The fourth-order valence-electron chi connectivity index (χ4n) is 2.56. The van der Waals surface area contributed by atoms with E-state index in [9.17, 15) is 4.79 Å². The van der Waals surface area contributed by atoms with Gasteiger partial charge in [-0.15, -0.1) is 11.3 Å². The van der Waals surface area contributed by atoms with Crippen LogP contribution in [-0.4, -0.2) is 11.0 Å². The lowest BCUT2D eigenvalue weighted by Crippen LogP contribution is -2.31. The van der Waals surface area contributed by atoms with Gasteiger partial charge in [-0.3, -0.25) is 5.32 Å². The summed E-state index contributed by atoms with van der Waals surface area (Å²) in [4.78, 5) is 17.9. The van der Waals surface area contributed by atoms with Crippen molar-refractivity contribution in [3.05, 3.63) is 46.5 Å². The number of thiazole rings is 1. The summed E-state index contributed by atoms with van der Waals surface area (Å²) in [5, 5.41) is 6.51. The van der Waals surface area contributed by atoms with Gasteiger partial charge in [-0.1, -0.05) is 30.3 Å². The Labute approximate surface area is 128 Å². The van der Waals surface area contributed by atoms with Gasteiger partial charge in [0.05, 0.1) is 11.7 Å². The van der Waals surface area contributed by atoms with Gasteiger partial charge in [0.2, 0.25) is 0 Å². The number of anilines is 1. The molecule has 1 aliphatic rings. The van der Waals surface area contributed by atoms with Gasteiger partial charge in [0, 0.05) is 4.88 Å². The van der Waals surface area contributed by atoms with Crippen molar-refractivity contribution in [3.63, 3.8) is 0 Å². The molecule has 0 saturated carbocycles. The number of nitrogens with one attached hydrogen (secondary N) is 2. The Kier molecular flexibility index (Phi) is 4.20. The second-order valence-corrected chi connectivity index (χ2v) is 6.41. The lowest BCUT2D eigenvalue weighted by atomic mass is 10.0. The van der Waals surface area contributed by atoms with Gasteiger partial charge in [-0.25, -0.2) is 9.78 Å². The van der Waals surface area contributed by atoms with E-state index in [0.29, 0.717) is 5.13 Å². The number of amides is 2. The molecule has 1 atom stereocenters. The minimum atomic E-state index is -0.197. The van der Waals surface area contributed by atoms with E-state index in [4.69, 9.17) is 0 Å².